The van der Waals surface area contributed by atoms with Crippen LogP contribution in [0.15, 0.2) is 90.5 Å². The highest BCUT2D eigenvalue weighted by molar-refractivity contribution is 6.23. The van der Waals surface area contributed by atoms with Gasteiger partial charge in [0.1, 0.15) is 0 Å². The second-order valence-electron chi connectivity index (χ2n) is 6.76. The highest BCUT2D eigenvalue weighted by Gasteiger charge is 2.31. The number of benzene rings is 3. The number of hydrogen-bond donors (Lipinski definition) is 0. The van der Waals surface area contributed by atoms with Crippen molar-refractivity contribution >= 4 is 34.7 Å². The van der Waals surface area contributed by atoms with Gasteiger partial charge in [-0.15, -0.1) is 0 Å². The molecule has 0 atom stereocenters. The average molecular weight is 413 g/mol. The molecule has 0 N–H and O–H groups in total. The molecule has 1 aliphatic rings. The van der Waals surface area contributed by atoms with E-state index in [2.05, 4.69) is 0 Å². The summed E-state index contributed by atoms with van der Waals surface area (Å²) in [6, 6.07) is 21.0. The van der Waals surface area contributed by atoms with E-state index >= 15 is 0 Å². The number of rotatable bonds is 5. The third-order valence-electron chi connectivity index (χ3n) is 4.78. The van der Waals surface area contributed by atoms with Crippen molar-refractivity contribution in [3.8, 4) is 0 Å². The van der Waals surface area contributed by atoms with Crippen LogP contribution in [0.1, 0.15) is 11.1 Å². The van der Waals surface area contributed by atoms with Crippen LogP contribution in [0.2, 0.25) is 0 Å². The number of anilines is 1. The topological polar surface area (TPSA) is 107 Å². The molecule has 0 bridgehead atoms. The monoisotopic (exact) mass is 413 g/mol. The van der Waals surface area contributed by atoms with Gasteiger partial charge in [-0.05, 0) is 41.5 Å². The summed E-state index contributed by atoms with van der Waals surface area (Å²) in [4.78, 5) is 35.8. The van der Waals surface area contributed by atoms with Crippen molar-refractivity contribution in [1.29, 1.82) is 0 Å². The Hall–Kier alpha value is -4.59. The van der Waals surface area contributed by atoms with Crippen LogP contribution in [0.3, 0.4) is 0 Å². The van der Waals surface area contributed by atoms with Gasteiger partial charge in [0, 0.05) is 29.8 Å². The Morgan fingerprint density at radius 1 is 0.774 bits per heavy atom. The first-order chi connectivity index (χ1) is 14.9. The van der Waals surface area contributed by atoms with Crippen LogP contribution >= 0.6 is 0 Å². The Bertz CT molecular complexity index is 1250. The first kappa shape index (κ1) is 19.7. The van der Waals surface area contributed by atoms with E-state index in [1.807, 2.05) is 30.3 Å². The molecule has 0 radical (unpaired) electrons. The lowest BCUT2D eigenvalue weighted by Crippen LogP contribution is -2.25. The van der Waals surface area contributed by atoms with Crippen molar-refractivity contribution in [2.24, 2.45) is 0 Å². The highest BCUT2D eigenvalue weighted by atomic mass is 16.6. The minimum atomic E-state index is -0.510. The predicted molar refractivity (Wildman–Crippen MR) is 116 cm³/mol. The van der Waals surface area contributed by atoms with E-state index in [0.717, 1.165) is 5.56 Å². The molecular weight excluding hydrogens is 398 g/mol. The van der Waals surface area contributed by atoms with E-state index in [4.69, 9.17) is 0 Å². The van der Waals surface area contributed by atoms with Crippen LogP contribution in [0.25, 0.3) is 11.8 Å². The molecule has 8 heteroatoms. The molecular formula is C23H15N3O5. The zero-order valence-electron chi connectivity index (χ0n) is 16.0. The number of amides is 1. The lowest BCUT2D eigenvalue weighted by Gasteiger charge is -2.20. The van der Waals surface area contributed by atoms with Gasteiger partial charge in [-0.1, -0.05) is 36.4 Å². The summed E-state index contributed by atoms with van der Waals surface area (Å²) in [5.41, 5.74) is 2.55. The van der Waals surface area contributed by atoms with Gasteiger partial charge in [0.25, 0.3) is 17.3 Å². The van der Waals surface area contributed by atoms with E-state index in [9.17, 15) is 25.0 Å². The smallest absolute Gasteiger partial charge is 0.271 e. The van der Waals surface area contributed by atoms with Crippen LogP contribution in [0.5, 0.6) is 0 Å². The van der Waals surface area contributed by atoms with Crippen LogP contribution in [-0.2, 0) is 4.79 Å². The number of non-ortho nitro benzene ring substituents is 2. The summed E-state index contributed by atoms with van der Waals surface area (Å²) in [6.45, 7) is 0. The Labute approximate surface area is 176 Å². The maximum absolute atomic E-state index is 13.3. The van der Waals surface area contributed by atoms with Crippen LogP contribution in [-0.4, -0.2) is 15.8 Å². The lowest BCUT2D eigenvalue weighted by atomic mass is 10.1. The summed E-state index contributed by atoms with van der Waals surface area (Å²) < 4.78 is 0. The molecule has 0 saturated carbocycles. The van der Waals surface area contributed by atoms with Gasteiger partial charge in [-0.3, -0.25) is 29.9 Å². The number of nitrogens with zero attached hydrogens (tertiary/aromatic N) is 3. The second-order valence-corrected chi connectivity index (χ2v) is 6.76. The Morgan fingerprint density at radius 2 is 1.45 bits per heavy atom. The number of nitro groups is 2. The highest BCUT2D eigenvalue weighted by Crippen LogP contribution is 2.36. The maximum atomic E-state index is 13.3. The van der Waals surface area contributed by atoms with Crippen molar-refractivity contribution in [2.45, 2.75) is 0 Å². The Kier molecular flexibility index (Phi) is 5.11. The van der Waals surface area contributed by atoms with E-state index in [1.54, 1.807) is 30.4 Å². The molecule has 3 aromatic carbocycles. The zero-order valence-corrected chi connectivity index (χ0v) is 16.0. The lowest BCUT2D eigenvalue weighted by molar-refractivity contribution is -0.385. The largest absolute Gasteiger partial charge is 0.276 e. The number of carbonyl (C=O) groups excluding carboxylic acids is 1. The van der Waals surface area contributed by atoms with Crippen molar-refractivity contribution in [2.75, 3.05) is 4.90 Å². The Morgan fingerprint density at radius 3 is 2.10 bits per heavy atom. The van der Waals surface area contributed by atoms with Crippen molar-refractivity contribution in [3.63, 3.8) is 0 Å². The quantitative estimate of drug-likeness (QED) is 0.333. The molecule has 4 rings (SSSR count). The van der Waals surface area contributed by atoms with Gasteiger partial charge in [0.2, 0.25) is 0 Å². The summed E-state index contributed by atoms with van der Waals surface area (Å²) >= 11 is 0. The molecule has 31 heavy (non-hydrogen) atoms. The van der Waals surface area contributed by atoms with Gasteiger partial charge in [-0.25, -0.2) is 0 Å². The number of hydrogen-bond acceptors (Lipinski definition) is 5. The van der Waals surface area contributed by atoms with Gasteiger partial charge in [0.15, 0.2) is 0 Å². The van der Waals surface area contributed by atoms with E-state index in [0.29, 0.717) is 22.5 Å². The molecule has 1 heterocycles. The summed E-state index contributed by atoms with van der Waals surface area (Å²) in [5, 5.41) is 22.1. The second kappa shape index (κ2) is 8.03. The van der Waals surface area contributed by atoms with Crippen molar-refractivity contribution in [3.05, 3.63) is 122 Å². The van der Waals surface area contributed by atoms with E-state index in [-0.39, 0.29) is 17.3 Å². The molecule has 1 amide bonds. The van der Waals surface area contributed by atoms with E-state index < -0.39 is 9.85 Å². The molecule has 0 aromatic heterocycles. The number of nitro benzene ring substituents is 2. The minimum Gasteiger partial charge on any atom is -0.276 e. The van der Waals surface area contributed by atoms with Gasteiger partial charge in [-0.2, -0.15) is 0 Å². The normalized spacial score (nSPS) is 14.6. The minimum absolute atomic E-state index is 0.0429. The average Bonchev–Trinajstić information content (AvgIpc) is 3.10. The summed E-state index contributed by atoms with van der Waals surface area (Å²) in [5.74, 6) is -0.349. The SMILES string of the molecule is O=C1/C(=C/c2ccc([N+](=O)[O-])cc2)C=C(c2ccccc2)N1c1cccc([N+](=O)[O-])c1. The first-order valence-electron chi connectivity index (χ1n) is 9.26. The van der Waals surface area contributed by atoms with Gasteiger partial charge >= 0.3 is 0 Å². The third-order valence-corrected chi connectivity index (χ3v) is 4.78. The fraction of sp³-hybridized carbons (Fsp3) is 0. The van der Waals surface area contributed by atoms with Crippen molar-refractivity contribution < 1.29 is 14.6 Å². The first-order valence-corrected chi connectivity index (χ1v) is 9.26. The van der Waals surface area contributed by atoms with Crippen LogP contribution in [0.4, 0.5) is 17.1 Å². The molecule has 152 valence electrons. The molecule has 0 aliphatic carbocycles. The molecule has 0 saturated heterocycles. The summed E-state index contributed by atoms with van der Waals surface area (Å²) in [7, 11) is 0. The summed E-state index contributed by atoms with van der Waals surface area (Å²) in [6.07, 6.45) is 3.34. The van der Waals surface area contributed by atoms with Gasteiger partial charge < -0.3 is 0 Å². The van der Waals surface area contributed by atoms with Crippen molar-refractivity contribution in [1.82, 2.24) is 0 Å². The van der Waals surface area contributed by atoms with E-state index in [1.165, 1.54) is 35.2 Å². The molecule has 0 unspecified atom stereocenters. The number of carbonyl (C=O) groups is 1. The third kappa shape index (κ3) is 3.95. The molecule has 0 spiro atoms. The predicted octanol–water partition coefficient (Wildman–Crippen LogP) is 4.97. The van der Waals surface area contributed by atoms with Gasteiger partial charge in [0.05, 0.1) is 21.2 Å². The standard InChI is InChI=1S/C23H15N3O5/c27-23-18(13-16-9-11-19(12-10-16)25(28)29)14-22(17-5-2-1-3-6-17)24(23)20-7-4-8-21(15-20)26(30)31/h1-15H/b18-13+. The fourth-order valence-electron chi connectivity index (χ4n) is 3.31. The maximum Gasteiger partial charge on any atom is 0.271 e. The fourth-order valence-corrected chi connectivity index (χ4v) is 3.31. The van der Waals surface area contributed by atoms with Crippen LogP contribution in [0, 0.1) is 20.2 Å². The zero-order chi connectivity index (χ0) is 22.0. The van der Waals surface area contributed by atoms with Crippen LogP contribution < -0.4 is 4.90 Å². The molecule has 1 aliphatic heterocycles. The molecule has 8 nitrogen and oxygen atoms in total. The Balaban J connectivity index is 1.79. The molecule has 3 aromatic rings. The molecule has 0 fully saturated rings.